The Bertz CT molecular complexity index is 1840. The highest BCUT2D eigenvalue weighted by atomic mass is 16.5. The fourth-order valence-electron chi connectivity index (χ4n) is 8.64. The van der Waals surface area contributed by atoms with Crippen molar-refractivity contribution in [2.45, 2.75) is 106 Å². The zero-order valence-electron chi connectivity index (χ0n) is 29.3. The normalized spacial score (nSPS) is 23.4. The summed E-state index contributed by atoms with van der Waals surface area (Å²) in [7, 11) is 0. The van der Waals surface area contributed by atoms with Crippen molar-refractivity contribution in [3.05, 3.63) is 59.9 Å². The Morgan fingerprint density at radius 3 is 2.37 bits per heavy atom. The molecular weight excluding hydrogens is 666 g/mol. The largest absolute Gasteiger partial charge is 0.379 e. The lowest BCUT2D eigenvalue weighted by Gasteiger charge is -2.38. The predicted octanol–water partition coefficient (Wildman–Crippen LogP) is 2.43. The number of hydrogen-bond donors (Lipinski definition) is 4. The van der Waals surface area contributed by atoms with E-state index in [1.54, 1.807) is 16.8 Å². The minimum absolute atomic E-state index is 0.0357. The maximum atomic E-state index is 14.9. The number of aromatic nitrogens is 3. The van der Waals surface area contributed by atoms with Crippen molar-refractivity contribution >= 4 is 40.2 Å². The molecule has 4 aliphatic rings. The van der Waals surface area contributed by atoms with Crippen LogP contribution in [0.4, 0.5) is 0 Å². The van der Waals surface area contributed by atoms with Crippen LogP contribution in [0.25, 0.3) is 10.8 Å². The second-order valence-corrected chi connectivity index (χ2v) is 15.1. The third-order valence-electron chi connectivity index (χ3n) is 11.6. The van der Waals surface area contributed by atoms with E-state index < -0.39 is 58.7 Å². The molecule has 2 aliphatic carbocycles. The predicted molar refractivity (Wildman–Crippen MR) is 188 cm³/mol. The molecule has 0 bridgehead atoms. The van der Waals surface area contributed by atoms with Crippen LogP contribution < -0.4 is 16.4 Å². The van der Waals surface area contributed by atoms with Gasteiger partial charge < -0.3 is 31.1 Å². The SMILES string of the molecule is NC(=O)C(=O)C1(NC(=O)[C@@H]2C[C@H](n3nncc3C3(O)COC3)CN2C(=O)[C@@H](CC2CCCCC2)NC(=O)c2ccc3ccccc3c2)CCCCC1. The molecule has 2 saturated carbocycles. The van der Waals surface area contributed by atoms with Crippen LogP contribution in [0.1, 0.15) is 99.1 Å². The van der Waals surface area contributed by atoms with Gasteiger partial charge in [-0.15, -0.1) is 5.10 Å². The van der Waals surface area contributed by atoms with Crippen molar-refractivity contribution in [2.75, 3.05) is 19.8 Å². The number of hydrogen-bond acceptors (Lipinski definition) is 9. The Hall–Kier alpha value is -4.69. The van der Waals surface area contributed by atoms with Gasteiger partial charge in [-0.1, -0.05) is 86.9 Å². The Morgan fingerprint density at radius 2 is 1.67 bits per heavy atom. The molecule has 2 aliphatic heterocycles. The summed E-state index contributed by atoms with van der Waals surface area (Å²) in [5.74, 6) is -3.16. The third-order valence-corrected chi connectivity index (χ3v) is 11.6. The molecule has 1 aromatic heterocycles. The van der Waals surface area contributed by atoms with Gasteiger partial charge in [-0.05, 0) is 48.1 Å². The summed E-state index contributed by atoms with van der Waals surface area (Å²) in [6, 6.07) is 10.6. The molecule has 14 nitrogen and oxygen atoms in total. The van der Waals surface area contributed by atoms with E-state index in [4.69, 9.17) is 10.5 Å². The molecule has 5 N–H and O–H groups in total. The molecule has 3 heterocycles. The number of Topliss-reactive ketones (excluding diaryl/α,β-unsaturated/α-hetero) is 1. The maximum absolute atomic E-state index is 14.9. The molecule has 52 heavy (non-hydrogen) atoms. The minimum Gasteiger partial charge on any atom is -0.379 e. The van der Waals surface area contributed by atoms with Crippen molar-refractivity contribution in [3.63, 3.8) is 0 Å². The molecule has 4 fully saturated rings. The average molecular weight is 714 g/mol. The summed E-state index contributed by atoms with van der Waals surface area (Å²) in [4.78, 5) is 70.0. The summed E-state index contributed by atoms with van der Waals surface area (Å²) in [6.45, 7) is 0.150. The summed E-state index contributed by atoms with van der Waals surface area (Å²) in [5.41, 5.74) is 3.53. The summed E-state index contributed by atoms with van der Waals surface area (Å²) in [6.07, 6.45) is 9.66. The van der Waals surface area contributed by atoms with E-state index >= 15 is 0 Å². The fourth-order valence-corrected chi connectivity index (χ4v) is 8.64. The number of carbonyl (C=O) groups is 5. The van der Waals surface area contributed by atoms with Crippen LogP contribution in [0, 0.1) is 5.92 Å². The molecule has 3 atom stereocenters. The van der Waals surface area contributed by atoms with Gasteiger partial charge in [0.25, 0.3) is 11.8 Å². The molecule has 4 amide bonds. The molecule has 0 spiro atoms. The molecular formula is C38H47N7O7. The number of likely N-dealkylation sites (tertiary alicyclic amines) is 1. The number of nitrogens with one attached hydrogen (secondary N) is 2. The first kappa shape index (κ1) is 35.7. The van der Waals surface area contributed by atoms with Gasteiger partial charge in [0.15, 0.2) is 5.60 Å². The van der Waals surface area contributed by atoms with E-state index in [0.29, 0.717) is 30.5 Å². The Labute approximate surface area is 301 Å². The Kier molecular flexibility index (Phi) is 10.1. The number of nitrogens with zero attached hydrogens (tertiary/aromatic N) is 4. The van der Waals surface area contributed by atoms with E-state index in [2.05, 4.69) is 20.9 Å². The lowest BCUT2D eigenvalue weighted by molar-refractivity contribution is -0.189. The summed E-state index contributed by atoms with van der Waals surface area (Å²) < 4.78 is 6.83. The second-order valence-electron chi connectivity index (χ2n) is 15.1. The number of benzene rings is 2. The zero-order valence-corrected chi connectivity index (χ0v) is 29.3. The van der Waals surface area contributed by atoms with Crippen molar-refractivity contribution in [1.82, 2.24) is 30.5 Å². The molecule has 0 radical (unpaired) electrons. The number of rotatable bonds is 11. The lowest BCUT2D eigenvalue weighted by atomic mass is 9.78. The first-order valence-corrected chi connectivity index (χ1v) is 18.5. The molecule has 7 rings (SSSR count). The number of amides is 4. The van der Waals surface area contributed by atoms with Gasteiger partial charge in [-0.2, -0.15) is 0 Å². The Morgan fingerprint density at radius 1 is 0.962 bits per heavy atom. The highest BCUT2D eigenvalue weighted by Gasteiger charge is 2.50. The van der Waals surface area contributed by atoms with Crippen LogP contribution in [0.3, 0.4) is 0 Å². The third kappa shape index (κ3) is 7.05. The van der Waals surface area contributed by atoms with Crippen molar-refractivity contribution in [3.8, 4) is 0 Å². The van der Waals surface area contributed by atoms with E-state index in [1.165, 1.54) is 11.1 Å². The van der Waals surface area contributed by atoms with E-state index in [0.717, 1.165) is 49.3 Å². The van der Waals surface area contributed by atoms with Gasteiger partial charge in [0.2, 0.25) is 17.6 Å². The minimum atomic E-state index is -1.46. The Balaban J connectivity index is 1.21. The first-order chi connectivity index (χ1) is 25.1. The molecule has 2 saturated heterocycles. The van der Waals surface area contributed by atoms with Crippen LogP contribution in [0.2, 0.25) is 0 Å². The number of carbonyl (C=O) groups excluding carboxylic acids is 5. The van der Waals surface area contributed by atoms with E-state index in [1.807, 2.05) is 30.3 Å². The lowest BCUT2D eigenvalue weighted by Crippen LogP contribution is -2.62. The topological polar surface area (TPSA) is 199 Å². The number of nitrogens with two attached hydrogens (primary N) is 1. The first-order valence-electron chi connectivity index (χ1n) is 18.5. The molecule has 2 aromatic carbocycles. The van der Waals surface area contributed by atoms with Gasteiger partial charge >= 0.3 is 0 Å². The molecule has 0 unspecified atom stereocenters. The van der Waals surface area contributed by atoms with Crippen LogP contribution in [-0.2, 0) is 29.5 Å². The zero-order chi connectivity index (χ0) is 36.5. The van der Waals surface area contributed by atoms with Crippen LogP contribution in [0.5, 0.6) is 0 Å². The molecule has 3 aromatic rings. The number of ketones is 1. The summed E-state index contributed by atoms with van der Waals surface area (Å²) >= 11 is 0. The fraction of sp³-hybridized carbons (Fsp3) is 0.553. The number of fused-ring (bicyclic) bond motifs is 1. The second kappa shape index (κ2) is 14.7. The van der Waals surface area contributed by atoms with E-state index in [9.17, 15) is 29.1 Å². The standard InChI is InChI=1S/C38H47N7O7/c39-33(47)32(46)37(15-7-2-8-16-37)42-35(49)30-19-28(45-31(20-40-43-45)38(51)22-52-23-38)21-44(30)36(50)29(17-24-9-3-1-4-10-24)41-34(48)27-14-13-25-11-5-6-12-26(25)18-27/h5-6,11-14,18,20,24,28-30,51H,1-4,7-10,15-17,19,21-23H2,(H2,39,47)(H,41,48)(H,42,49)/t28-,29+,30-/m0/s1. The van der Waals surface area contributed by atoms with Crippen LogP contribution >= 0.6 is 0 Å². The average Bonchev–Trinajstić information content (AvgIpc) is 3.82. The molecule has 14 heteroatoms. The number of ether oxygens (including phenoxy) is 1. The maximum Gasteiger partial charge on any atom is 0.287 e. The number of primary amides is 1. The van der Waals surface area contributed by atoms with Gasteiger partial charge in [0.05, 0.1) is 31.1 Å². The number of aliphatic hydroxyl groups is 1. The quantitative estimate of drug-likeness (QED) is 0.216. The van der Waals surface area contributed by atoms with Crippen LogP contribution in [-0.4, -0.2) is 91.8 Å². The molecule has 276 valence electrons. The monoisotopic (exact) mass is 713 g/mol. The van der Waals surface area contributed by atoms with Crippen molar-refractivity contribution in [2.24, 2.45) is 11.7 Å². The van der Waals surface area contributed by atoms with Gasteiger partial charge in [0.1, 0.15) is 17.6 Å². The van der Waals surface area contributed by atoms with Crippen molar-refractivity contribution < 1.29 is 33.8 Å². The van der Waals surface area contributed by atoms with E-state index in [-0.39, 0.29) is 44.9 Å². The highest BCUT2D eigenvalue weighted by molar-refractivity contribution is 6.39. The highest BCUT2D eigenvalue weighted by Crippen LogP contribution is 2.37. The van der Waals surface area contributed by atoms with Crippen LogP contribution in [0.15, 0.2) is 48.7 Å². The van der Waals surface area contributed by atoms with Gasteiger partial charge in [-0.3, -0.25) is 24.0 Å². The van der Waals surface area contributed by atoms with Crippen molar-refractivity contribution in [1.29, 1.82) is 0 Å². The smallest absolute Gasteiger partial charge is 0.287 e. The van der Waals surface area contributed by atoms with Gasteiger partial charge in [-0.25, -0.2) is 4.68 Å². The summed E-state index contributed by atoms with van der Waals surface area (Å²) in [5, 5.41) is 27.3. The van der Waals surface area contributed by atoms with Gasteiger partial charge in [0, 0.05) is 18.5 Å².